The molecule has 0 radical (unpaired) electrons. The van der Waals surface area contributed by atoms with Gasteiger partial charge in [-0.2, -0.15) is 0 Å². The zero-order valence-corrected chi connectivity index (χ0v) is 12.9. The molecular formula is C16H18FNO3S. The van der Waals surface area contributed by atoms with E-state index in [1.165, 1.54) is 24.3 Å². The van der Waals surface area contributed by atoms with Crippen molar-refractivity contribution in [2.24, 2.45) is 0 Å². The van der Waals surface area contributed by atoms with Gasteiger partial charge in [-0.25, -0.2) is 17.5 Å². The lowest BCUT2D eigenvalue weighted by Gasteiger charge is -2.20. The van der Waals surface area contributed by atoms with Crippen LogP contribution in [0.5, 0.6) is 0 Å². The summed E-state index contributed by atoms with van der Waals surface area (Å²) in [6, 6.07) is 13.4. The van der Waals surface area contributed by atoms with Crippen LogP contribution in [0.4, 0.5) is 4.39 Å². The number of rotatable bonds is 6. The molecule has 0 amide bonds. The molecule has 0 aliphatic heterocycles. The first kappa shape index (κ1) is 16.6. The molecule has 4 nitrogen and oxygen atoms in total. The molecule has 0 saturated heterocycles. The second-order valence-corrected chi connectivity index (χ2v) is 6.90. The number of sulfonamides is 1. The van der Waals surface area contributed by atoms with Gasteiger partial charge in [0.15, 0.2) is 0 Å². The van der Waals surface area contributed by atoms with Gasteiger partial charge in [-0.3, -0.25) is 0 Å². The summed E-state index contributed by atoms with van der Waals surface area (Å²) in [5, 5.41) is 10.2. The van der Waals surface area contributed by atoms with Crippen LogP contribution in [0.3, 0.4) is 0 Å². The minimum Gasteiger partial charge on any atom is -0.387 e. The van der Waals surface area contributed by atoms with Crippen LogP contribution in [-0.2, 0) is 15.8 Å². The average Bonchev–Trinajstić information content (AvgIpc) is 2.47. The van der Waals surface area contributed by atoms with Crippen molar-refractivity contribution in [2.45, 2.75) is 24.8 Å². The van der Waals surface area contributed by atoms with Crippen molar-refractivity contribution in [1.29, 1.82) is 0 Å². The van der Waals surface area contributed by atoms with Crippen molar-refractivity contribution in [3.05, 3.63) is 71.5 Å². The molecule has 6 heteroatoms. The lowest BCUT2D eigenvalue weighted by atomic mass is 10.0. The summed E-state index contributed by atoms with van der Waals surface area (Å²) in [7, 11) is -3.58. The van der Waals surface area contributed by atoms with Crippen LogP contribution in [0.25, 0.3) is 0 Å². The van der Waals surface area contributed by atoms with E-state index >= 15 is 0 Å². The summed E-state index contributed by atoms with van der Waals surface area (Å²) in [6.07, 6.45) is -1.05. The Morgan fingerprint density at radius 3 is 2.27 bits per heavy atom. The molecule has 2 aromatic carbocycles. The molecule has 2 rings (SSSR count). The Bertz CT molecular complexity index is 702. The average molecular weight is 323 g/mol. The minimum atomic E-state index is -3.58. The third-order valence-corrected chi connectivity index (χ3v) is 4.69. The van der Waals surface area contributed by atoms with E-state index in [1.807, 2.05) is 6.07 Å². The third-order valence-electron chi connectivity index (χ3n) is 3.25. The molecule has 2 unspecified atom stereocenters. The Labute approximate surface area is 129 Å². The Balaban J connectivity index is 2.03. The van der Waals surface area contributed by atoms with Crippen molar-refractivity contribution < 1.29 is 17.9 Å². The van der Waals surface area contributed by atoms with Crippen LogP contribution in [0.2, 0.25) is 0 Å². The van der Waals surface area contributed by atoms with Gasteiger partial charge in [-0.15, -0.1) is 0 Å². The van der Waals surface area contributed by atoms with Crippen molar-refractivity contribution in [3.8, 4) is 0 Å². The van der Waals surface area contributed by atoms with Gasteiger partial charge in [0.2, 0.25) is 10.0 Å². The van der Waals surface area contributed by atoms with Crippen LogP contribution in [0, 0.1) is 5.82 Å². The zero-order chi connectivity index (χ0) is 16.2. The van der Waals surface area contributed by atoms with Crippen molar-refractivity contribution in [3.63, 3.8) is 0 Å². The topological polar surface area (TPSA) is 66.4 Å². The largest absolute Gasteiger partial charge is 0.387 e. The molecule has 0 saturated carbocycles. The number of hydrogen-bond acceptors (Lipinski definition) is 3. The van der Waals surface area contributed by atoms with E-state index in [0.29, 0.717) is 11.1 Å². The fourth-order valence-electron chi connectivity index (χ4n) is 2.13. The summed E-state index contributed by atoms with van der Waals surface area (Å²) >= 11 is 0. The zero-order valence-electron chi connectivity index (χ0n) is 12.1. The van der Waals surface area contributed by atoms with Gasteiger partial charge in [0.1, 0.15) is 5.82 Å². The highest BCUT2D eigenvalue weighted by Gasteiger charge is 2.22. The number of nitrogens with one attached hydrogen (secondary N) is 1. The molecule has 0 aliphatic rings. The molecule has 0 aliphatic carbocycles. The summed E-state index contributed by atoms with van der Waals surface area (Å²) in [6.45, 7) is 1.57. The molecule has 0 fully saturated rings. The van der Waals surface area contributed by atoms with E-state index in [2.05, 4.69) is 4.72 Å². The highest BCUT2D eigenvalue weighted by atomic mass is 32.2. The Morgan fingerprint density at radius 2 is 1.68 bits per heavy atom. The van der Waals surface area contributed by atoms with E-state index in [1.54, 1.807) is 31.2 Å². The van der Waals surface area contributed by atoms with Gasteiger partial charge in [0.25, 0.3) is 0 Å². The summed E-state index contributed by atoms with van der Waals surface area (Å²) < 4.78 is 39.6. The quantitative estimate of drug-likeness (QED) is 0.858. The van der Waals surface area contributed by atoms with Gasteiger partial charge in [0.05, 0.1) is 11.9 Å². The Hall–Kier alpha value is -1.76. The molecule has 0 heterocycles. The lowest BCUT2D eigenvalue weighted by Crippen LogP contribution is -2.37. The van der Waals surface area contributed by atoms with Crippen molar-refractivity contribution >= 4 is 10.0 Å². The van der Waals surface area contributed by atoms with E-state index in [9.17, 15) is 17.9 Å². The van der Waals surface area contributed by atoms with Gasteiger partial charge in [-0.1, -0.05) is 42.5 Å². The van der Waals surface area contributed by atoms with Crippen LogP contribution >= 0.6 is 0 Å². The molecule has 0 spiro atoms. The predicted molar refractivity (Wildman–Crippen MR) is 83.0 cm³/mol. The minimum absolute atomic E-state index is 0.158. The maximum atomic E-state index is 12.9. The second kappa shape index (κ2) is 7.00. The molecule has 0 bridgehead atoms. The Morgan fingerprint density at radius 1 is 1.09 bits per heavy atom. The van der Waals surface area contributed by atoms with Gasteiger partial charge in [0, 0.05) is 6.04 Å². The van der Waals surface area contributed by atoms with Crippen LogP contribution in [0.1, 0.15) is 24.2 Å². The summed E-state index contributed by atoms with van der Waals surface area (Å²) in [5.74, 6) is -0.567. The summed E-state index contributed by atoms with van der Waals surface area (Å²) in [5.41, 5.74) is 1.12. The fourth-order valence-corrected chi connectivity index (χ4v) is 3.54. The first-order valence-corrected chi connectivity index (χ1v) is 8.50. The number of hydrogen-bond donors (Lipinski definition) is 2. The van der Waals surface area contributed by atoms with E-state index in [4.69, 9.17) is 0 Å². The number of aliphatic hydroxyl groups excluding tert-OH is 1. The predicted octanol–water partition coefficient (Wildman–Crippen LogP) is 2.37. The molecule has 2 N–H and O–H groups in total. The van der Waals surface area contributed by atoms with Crippen molar-refractivity contribution in [1.82, 2.24) is 4.72 Å². The highest BCUT2D eigenvalue weighted by Crippen LogP contribution is 2.18. The summed E-state index contributed by atoms with van der Waals surface area (Å²) in [4.78, 5) is 0. The standard InChI is InChI=1S/C16H18FNO3S/c1-12(16(19)14-7-9-15(17)10-8-14)18-22(20,21)11-13-5-3-2-4-6-13/h2-10,12,16,18-19H,11H2,1H3. The number of aliphatic hydroxyl groups is 1. The SMILES string of the molecule is CC(NS(=O)(=O)Cc1ccccc1)C(O)c1ccc(F)cc1. The van der Waals surface area contributed by atoms with E-state index in [-0.39, 0.29) is 5.75 Å². The molecule has 22 heavy (non-hydrogen) atoms. The smallest absolute Gasteiger partial charge is 0.216 e. The van der Waals surface area contributed by atoms with Gasteiger partial charge >= 0.3 is 0 Å². The second-order valence-electron chi connectivity index (χ2n) is 5.15. The molecular weight excluding hydrogens is 305 g/mol. The first-order valence-electron chi connectivity index (χ1n) is 6.85. The molecule has 2 aromatic rings. The van der Waals surface area contributed by atoms with Crippen LogP contribution in [0.15, 0.2) is 54.6 Å². The van der Waals surface area contributed by atoms with E-state index in [0.717, 1.165) is 0 Å². The van der Waals surface area contributed by atoms with Crippen LogP contribution in [-0.4, -0.2) is 19.6 Å². The number of halogens is 1. The fraction of sp³-hybridized carbons (Fsp3) is 0.250. The monoisotopic (exact) mass is 323 g/mol. The maximum absolute atomic E-state index is 12.9. The normalized spacial score (nSPS) is 14.5. The maximum Gasteiger partial charge on any atom is 0.216 e. The van der Waals surface area contributed by atoms with E-state index < -0.39 is 28.0 Å². The lowest BCUT2D eigenvalue weighted by molar-refractivity contribution is 0.146. The highest BCUT2D eigenvalue weighted by molar-refractivity contribution is 7.88. The third kappa shape index (κ3) is 4.62. The molecule has 118 valence electrons. The Kier molecular flexibility index (Phi) is 5.28. The molecule has 0 aromatic heterocycles. The van der Waals surface area contributed by atoms with Crippen molar-refractivity contribution in [2.75, 3.05) is 0 Å². The molecule has 2 atom stereocenters. The van der Waals surface area contributed by atoms with Gasteiger partial charge in [-0.05, 0) is 30.2 Å². The number of benzene rings is 2. The van der Waals surface area contributed by atoms with Crippen LogP contribution < -0.4 is 4.72 Å². The van der Waals surface area contributed by atoms with Gasteiger partial charge < -0.3 is 5.11 Å². The first-order chi connectivity index (χ1) is 10.4.